The van der Waals surface area contributed by atoms with Gasteiger partial charge in [-0.3, -0.25) is 4.79 Å². The van der Waals surface area contributed by atoms with E-state index < -0.39 is 12.1 Å². The summed E-state index contributed by atoms with van der Waals surface area (Å²) < 4.78 is 5.34. The summed E-state index contributed by atoms with van der Waals surface area (Å²) in [7, 11) is 0. The van der Waals surface area contributed by atoms with Gasteiger partial charge in [-0.2, -0.15) is 0 Å². The van der Waals surface area contributed by atoms with Crippen molar-refractivity contribution < 1.29 is 14.3 Å². The normalized spacial score (nSPS) is 17.1. The number of carbonyl (C=O) groups is 2. The van der Waals surface area contributed by atoms with Gasteiger partial charge >= 0.3 is 5.97 Å². The summed E-state index contributed by atoms with van der Waals surface area (Å²) in [6.45, 7) is 3.53. The number of anilines is 1. The van der Waals surface area contributed by atoms with Crippen molar-refractivity contribution in [3.8, 4) is 0 Å². The maximum Gasteiger partial charge on any atom is 0.340 e. The Bertz CT molecular complexity index is 837. The van der Waals surface area contributed by atoms with Crippen molar-refractivity contribution in [1.29, 1.82) is 0 Å². The lowest BCUT2D eigenvalue weighted by molar-refractivity contribution is -0.126. The van der Waals surface area contributed by atoms with Gasteiger partial charge in [-0.25, -0.2) is 4.79 Å². The maximum absolute atomic E-state index is 12.8. The van der Waals surface area contributed by atoms with Crippen molar-refractivity contribution >= 4 is 40.8 Å². The Kier molecular flexibility index (Phi) is 5.02. The Morgan fingerprint density at radius 3 is 2.68 bits per heavy atom. The van der Waals surface area contributed by atoms with E-state index in [1.165, 1.54) is 12.1 Å². The summed E-state index contributed by atoms with van der Waals surface area (Å²) in [5, 5.41) is 0.603. The lowest BCUT2D eigenvalue weighted by atomic mass is 10.1. The molecule has 0 spiro atoms. The number of rotatable bonds is 3. The number of carbonyl (C=O) groups excluding carboxylic acids is 2. The van der Waals surface area contributed by atoms with Gasteiger partial charge in [0.05, 0.1) is 10.6 Å². The molecule has 6 heteroatoms. The van der Waals surface area contributed by atoms with Crippen LogP contribution in [-0.4, -0.2) is 24.0 Å². The molecule has 0 saturated carbocycles. The molecule has 2 aromatic rings. The summed E-state index contributed by atoms with van der Waals surface area (Å²) in [6.07, 6.45) is -0.154. The zero-order valence-corrected chi connectivity index (χ0v) is 15.3. The third-order valence-corrected chi connectivity index (χ3v) is 4.79. The molecule has 0 fully saturated rings. The van der Waals surface area contributed by atoms with Gasteiger partial charge in [0, 0.05) is 16.8 Å². The molecule has 130 valence electrons. The van der Waals surface area contributed by atoms with Crippen LogP contribution in [0.15, 0.2) is 42.5 Å². The molecule has 0 N–H and O–H groups in total. The lowest BCUT2D eigenvalue weighted by Crippen LogP contribution is -2.43. The molecular formula is C19H17Cl2NO3. The zero-order valence-electron chi connectivity index (χ0n) is 13.8. The van der Waals surface area contributed by atoms with Gasteiger partial charge < -0.3 is 9.64 Å². The minimum Gasteiger partial charge on any atom is -0.449 e. The molecule has 0 aliphatic carbocycles. The molecule has 0 unspecified atom stereocenters. The van der Waals surface area contributed by atoms with Crippen molar-refractivity contribution in [2.75, 3.05) is 4.90 Å². The molecular weight excluding hydrogens is 361 g/mol. The Morgan fingerprint density at radius 1 is 1.20 bits per heavy atom. The van der Waals surface area contributed by atoms with E-state index in [1.807, 2.05) is 31.2 Å². The fourth-order valence-electron chi connectivity index (χ4n) is 3.03. The monoisotopic (exact) mass is 377 g/mol. The molecule has 1 amide bonds. The van der Waals surface area contributed by atoms with Gasteiger partial charge in [-0.1, -0.05) is 41.4 Å². The number of benzene rings is 2. The molecule has 0 saturated heterocycles. The van der Waals surface area contributed by atoms with E-state index >= 15 is 0 Å². The van der Waals surface area contributed by atoms with Crippen LogP contribution in [0.5, 0.6) is 0 Å². The summed E-state index contributed by atoms with van der Waals surface area (Å²) in [5.41, 5.74) is 2.12. The molecule has 25 heavy (non-hydrogen) atoms. The summed E-state index contributed by atoms with van der Waals surface area (Å²) in [4.78, 5) is 26.9. The summed E-state index contributed by atoms with van der Waals surface area (Å²) in [5.74, 6) is -0.933. The quantitative estimate of drug-likeness (QED) is 0.738. The first-order valence-corrected chi connectivity index (χ1v) is 8.71. The van der Waals surface area contributed by atoms with Gasteiger partial charge in [-0.05, 0) is 50.1 Å². The van der Waals surface area contributed by atoms with Crippen molar-refractivity contribution in [3.63, 3.8) is 0 Å². The third kappa shape index (κ3) is 3.51. The number of ether oxygens (including phenoxy) is 1. The Hall–Kier alpha value is -2.04. The molecule has 1 aliphatic rings. The average Bonchev–Trinajstić information content (AvgIpc) is 2.91. The highest BCUT2D eigenvalue weighted by Gasteiger charge is 2.34. The van der Waals surface area contributed by atoms with Crippen LogP contribution in [0.3, 0.4) is 0 Å². The topological polar surface area (TPSA) is 46.6 Å². The van der Waals surface area contributed by atoms with Crippen LogP contribution < -0.4 is 4.90 Å². The summed E-state index contributed by atoms with van der Waals surface area (Å²) in [6, 6.07) is 12.3. The second-order valence-corrected chi connectivity index (χ2v) is 6.91. The lowest BCUT2D eigenvalue weighted by Gasteiger charge is -2.26. The first-order valence-electron chi connectivity index (χ1n) is 7.95. The molecule has 3 rings (SSSR count). The first kappa shape index (κ1) is 17.8. The number of halogens is 2. The minimum atomic E-state index is -0.934. The maximum atomic E-state index is 12.8. The van der Waals surface area contributed by atoms with E-state index in [0.717, 1.165) is 17.7 Å². The van der Waals surface area contributed by atoms with Crippen LogP contribution in [0.2, 0.25) is 10.0 Å². The molecule has 1 aliphatic heterocycles. The Morgan fingerprint density at radius 2 is 1.92 bits per heavy atom. The standard InChI is InChI=1S/C19H17Cl2NO3/c1-11-9-13-5-3-4-6-17(13)22(11)18(23)12(2)25-19(24)15-10-14(20)7-8-16(15)21/h3-8,10-12H,9H2,1-2H3/t11-,12+/m1/s1. The first-order chi connectivity index (χ1) is 11.9. The largest absolute Gasteiger partial charge is 0.449 e. The van der Waals surface area contributed by atoms with Crippen molar-refractivity contribution in [3.05, 3.63) is 63.6 Å². The average molecular weight is 378 g/mol. The third-order valence-electron chi connectivity index (χ3n) is 4.22. The SMILES string of the molecule is C[C@H](OC(=O)c1cc(Cl)ccc1Cl)C(=O)N1c2ccccc2C[C@H]1C. The number of para-hydroxylation sites is 1. The summed E-state index contributed by atoms with van der Waals surface area (Å²) >= 11 is 11.9. The van der Waals surface area contributed by atoms with E-state index in [9.17, 15) is 9.59 Å². The van der Waals surface area contributed by atoms with E-state index in [2.05, 4.69) is 0 Å². The van der Waals surface area contributed by atoms with Gasteiger partial charge in [0.1, 0.15) is 0 Å². The van der Waals surface area contributed by atoms with E-state index in [1.54, 1.807) is 17.9 Å². The predicted octanol–water partition coefficient (Wildman–Crippen LogP) is 4.52. The van der Waals surface area contributed by atoms with Crippen LogP contribution in [-0.2, 0) is 16.0 Å². The second-order valence-electron chi connectivity index (χ2n) is 6.06. The number of esters is 1. The number of amides is 1. The highest BCUT2D eigenvalue weighted by Crippen LogP contribution is 2.32. The van der Waals surface area contributed by atoms with Gasteiger partial charge in [0.15, 0.2) is 6.10 Å². The van der Waals surface area contributed by atoms with Crippen LogP contribution in [0, 0.1) is 0 Å². The minimum absolute atomic E-state index is 0.0146. The second kappa shape index (κ2) is 7.06. The fourth-order valence-corrected chi connectivity index (χ4v) is 3.39. The van der Waals surface area contributed by atoms with Gasteiger partial charge in [-0.15, -0.1) is 0 Å². The van der Waals surface area contributed by atoms with Gasteiger partial charge in [0.2, 0.25) is 0 Å². The van der Waals surface area contributed by atoms with Crippen LogP contribution in [0.25, 0.3) is 0 Å². The highest BCUT2D eigenvalue weighted by molar-refractivity contribution is 6.35. The van der Waals surface area contributed by atoms with E-state index in [4.69, 9.17) is 27.9 Å². The van der Waals surface area contributed by atoms with E-state index in [-0.39, 0.29) is 22.5 Å². The van der Waals surface area contributed by atoms with Crippen molar-refractivity contribution in [1.82, 2.24) is 0 Å². The smallest absolute Gasteiger partial charge is 0.340 e. The number of hydrogen-bond donors (Lipinski definition) is 0. The van der Waals surface area contributed by atoms with Gasteiger partial charge in [0.25, 0.3) is 5.91 Å². The van der Waals surface area contributed by atoms with Crippen LogP contribution >= 0.6 is 23.2 Å². The number of nitrogens with zero attached hydrogens (tertiary/aromatic N) is 1. The Balaban J connectivity index is 1.77. The Labute approximate surface area is 156 Å². The number of fused-ring (bicyclic) bond motifs is 1. The molecule has 0 aromatic heterocycles. The van der Waals surface area contributed by atoms with E-state index in [0.29, 0.717) is 5.02 Å². The molecule has 2 atom stereocenters. The van der Waals surface area contributed by atoms with Crippen LogP contribution in [0.1, 0.15) is 29.8 Å². The number of hydrogen-bond acceptors (Lipinski definition) is 3. The molecule has 0 bridgehead atoms. The predicted molar refractivity (Wildman–Crippen MR) is 98.4 cm³/mol. The van der Waals surface area contributed by atoms with Crippen LogP contribution in [0.4, 0.5) is 5.69 Å². The molecule has 4 nitrogen and oxygen atoms in total. The molecule has 2 aromatic carbocycles. The van der Waals surface area contributed by atoms with Crippen molar-refractivity contribution in [2.45, 2.75) is 32.4 Å². The molecule has 1 heterocycles. The zero-order chi connectivity index (χ0) is 18.1. The van der Waals surface area contributed by atoms with Crippen molar-refractivity contribution in [2.24, 2.45) is 0 Å². The highest BCUT2D eigenvalue weighted by atomic mass is 35.5. The fraction of sp³-hybridized carbons (Fsp3) is 0.263. The molecule has 0 radical (unpaired) electrons.